The van der Waals surface area contributed by atoms with Crippen molar-refractivity contribution in [2.75, 3.05) is 17.4 Å². The number of hydrogen-bond donors (Lipinski definition) is 2. The fourth-order valence-corrected chi connectivity index (χ4v) is 4.81. The number of Topliss-reactive ketones (excluding diaryl/α,β-unsaturated/α-hetero) is 1. The van der Waals surface area contributed by atoms with Crippen LogP contribution >= 0.6 is 0 Å². The van der Waals surface area contributed by atoms with Gasteiger partial charge in [-0.3, -0.25) is 4.79 Å². The largest absolute Gasteiger partial charge is 0.454 e. The van der Waals surface area contributed by atoms with Gasteiger partial charge in [0.05, 0.1) is 17.4 Å². The van der Waals surface area contributed by atoms with E-state index in [2.05, 4.69) is 10.6 Å². The van der Waals surface area contributed by atoms with Crippen molar-refractivity contribution in [3.8, 4) is 11.5 Å². The second-order valence-corrected chi connectivity index (χ2v) is 8.33. The first-order chi connectivity index (χ1) is 15.7. The summed E-state index contributed by atoms with van der Waals surface area (Å²) in [5, 5.41) is 7.09. The lowest BCUT2D eigenvalue weighted by Gasteiger charge is -2.30. The number of ketones is 1. The van der Waals surface area contributed by atoms with Gasteiger partial charge < -0.3 is 20.1 Å². The first-order valence-electron chi connectivity index (χ1n) is 10.7. The van der Waals surface area contributed by atoms with Gasteiger partial charge in [0, 0.05) is 17.7 Å². The normalized spacial score (nSPS) is 21.2. The number of para-hydroxylation sites is 2. The average Bonchev–Trinajstić information content (AvgIpc) is 3.20. The van der Waals surface area contributed by atoms with Crippen molar-refractivity contribution in [1.82, 2.24) is 0 Å². The van der Waals surface area contributed by atoms with E-state index in [1.807, 2.05) is 42.5 Å². The molecule has 3 aliphatic rings. The number of carbonyl (C=O) groups excluding carboxylic acids is 1. The van der Waals surface area contributed by atoms with Crippen molar-refractivity contribution in [3.63, 3.8) is 0 Å². The molecule has 3 aromatic rings. The lowest BCUT2D eigenvalue weighted by Crippen LogP contribution is -2.26. The molecule has 2 heterocycles. The number of anilines is 2. The molecule has 0 saturated carbocycles. The molecule has 0 bridgehead atoms. The Morgan fingerprint density at radius 2 is 1.59 bits per heavy atom. The minimum absolute atomic E-state index is 0.00276. The molecule has 0 radical (unpaired) electrons. The van der Waals surface area contributed by atoms with Crippen LogP contribution in [-0.2, 0) is 4.79 Å². The molecule has 3 aromatic carbocycles. The van der Waals surface area contributed by atoms with E-state index >= 15 is 0 Å². The predicted molar refractivity (Wildman–Crippen MR) is 119 cm³/mol. The van der Waals surface area contributed by atoms with E-state index in [9.17, 15) is 9.18 Å². The lowest BCUT2D eigenvalue weighted by atomic mass is 9.78. The number of rotatable bonds is 2. The zero-order chi connectivity index (χ0) is 21.7. The van der Waals surface area contributed by atoms with Crippen LogP contribution in [0.5, 0.6) is 11.5 Å². The van der Waals surface area contributed by atoms with Gasteiger partial charge in [0.25, 0.3) is 0 Å². The monoisotopic (exact) mass is 428 g/mol. The maximum atomic E-state index is 13.5. The highest BCUT2D eigenvalue weighted by Crippen LogP contribution is 2.45. The molecule has 0 spiro atoms. The van der Waals surface area contributed by atoms with E-state index in [-0.39, 0.29) is 30.4 Å². The third-order valence-electron chi connectivity index (χ3n) is 6.38. The molecule has 2 atom stereocenters. The fraction of sp³-hybridized carbons (Fsp3) is 0.192. The molecule has 0 amide bonds. The Morgan fingerprint density at radius 3 is 2.44 bits per heavy atom. The highest BCUT2D eigenvalue weighted by atomic mass is 19.1. The van der Waals surface area contributed by atoms with Gasteiger partial charge in [-0.15, -0.1) is 0 Å². The molecule has 0 unspecified atom stereocenters. The molecule has 1 aliphatic carbocycles. The third-order valence-corrected chi connectivity index (χ3v) is 6.38. The molecule has 2 aliphatic heterocycles. The first-order valence-corrected chi connectivity index (χ1v) is 10.7. The summed E-state index contributed by atoms with van der Waals surface area (Å²) < 4.78 is 24.5. The highest BCUT2D eigenvalue weighted by Gasteiger charge is 2.36. The van der Waals surface area contributed by atoms with E-state index in [0.29, 0.717) is 24.3 Å². The van der Waals surface area contributed by atoms with E-state index in [4.69, 9.17) is 9.47 Å². The molecule has 0 saturated heterocycles. The van der Waals surface area contributed by atoms with Crippen molar-refractivity contribution >= 4 is 17.2 Å². The van der Waals surface area contributed by atoms with Crippen LogP contribution in [0.1, 0.15) is 35.9 Å². The number of ether oxygens (including phenoxy) is 2. The van der Waals surface area contributed by atoms with Gasteiger partial charge in [0.1, 0.15) is 5.82 Å². The smallest absolute Gasteiger partial charge is 0.231 e. The topological polar surface area (TPSA) is 59.6 Å². The van der Waals surface area contributed by atoms with Crippen LogP contribution in [0, 0.1) is 5.82 Å². The van der Waals surface area contributed by atoms with Crippen molar-refractivity contribution < 1.29 is 18.7 Å². The van der Waals surface area contributed by atoms with E-state index in [0.717, 1.165) is 33.8 Å². The third kappa shape index (κ3) is 3.19. The number of carbonyl (C=O) groups is 1. The van der Waals surface area contributed by atoms with Crippen LogP contribution in [-0.4, -0.2) is 12.6 Å². The molecule has 0 fully saturated rings. The van der Waals surface area contributed by atoms with Crippen molar-refractivity contribution in [2.45, 2.75) is 24.8 Å². The summed E-state index contributed by atoms with van der Waals surface area (Å²) in [5.74, 6) is 1.20. The number of allylic oxidation sites excluding steroid dienone is 1. The van der Waals surface area contributed by atoms with Gasteiger partial charge in [-0.1, -0.05) is 30.3 Å². The maximum absolute atomic E-state index is 13.5. The number of hydrogen-bond acceptors (Lipinski definition) is 5. The van der Waals surface area contributed by atoms with Crippen LogP contribution in [0.4, 0.5) is 15.8 Å². The van der Waals surface area contributed by atoms with Gasteiger partial charge in [-0.2, -0.15) is 0 Å². The van der Waals surface area contributed by atoms with Gasteiger partial charge in [-0.25, -0.2) is 4.39 Å². The van der Waals surface area contributed by atoms with Crippen molar-refractivity contribution in [2.24, 2.45) is 0 Å². The van der Waals surface area contributed by atoms with Gasteiger partial charge in [-0.05, 0) is 59.9 Å². The lowest BCUT2D eigenvalue weighted by molar-refractivity contribution is -0.116. The Kier molecular flexibility index (Phi) is 4.38. The van der Waals surface area contributed by atoms with Crippen LogP contribution in [0.15, 0.2) is 78.0 Å². The molecule has 160 valence electrons. The maximum Gasteiger partial charge on any atom is 0.231 e. The summed E-state index contributed by atoms with van der Waals surface area (Å²) in [6, 6.07) is 19.9. The van der Waals surface area contributed by atoms with Crippen LogP contribution < -0.4 is 20.1 Å². The average molecular weight is 428 g/mol. The van der Waals surface area contributed by atoms with Gasteiger partial charge in [0.2, 0.25) is 6.79 Å². The van der Waals surface area contributed by atoms with Crippen LogP contribution in [0.3, 0.4) is 0 Å². The van der Waals surface area contributed by atoms with Crippen molar-refractivity contribution in [1.29, 1.82) is 0 Å². The summed E-state index contributed by atoms with van der Waals surface area (Å²) in [5.41, 5.74) is 5.40. The Morgan fingerprint density at radius 1 is 0.844 bits per heavy atom. The van der Waals surface area contributed by atoms with E-state index < -0.39 is 0 Å². The van der Waals surface area contributed by atoms with Gasteiger partial charge in [0.15, 0.2) is 17.3 Å². The minimum Gasteiger partial charge on any atom is -0.454 e. The van der Waals surface area contributed by atoms with Crippen molar-refractivity contribution in [3.05, 3.63) is 94.9 Å². The number of fused-ring (bicyclic) bond motifs is 2. The van der Waals surface area contributed by atoms with Crippen LogP contribution in [0.25, 0.3) is 0 Å². The number of benzene rings is 3. The second-order valence-electron chi connectivity index (χ2n) is 8.33. The molecule has 32 heavy (non-hydrogen) atoms. The summed E-state index contributed by atoms with van der Waals surface area (Å²) in [6.45, 7) is 0.202. The highest BCUT2D eigenvalue weighted by molar-refractivity contribution is 6.01. The summed E-state index contributed by atoms with van der Waals surface area (Å²) in [6.07, 6.45) is 1.05. The van der Waals surface area contributed by atoms with Gasteiger partial charge >= 0.3 is 0 Å². The number of nitrogens with one attached hydrogen (secondary N) is 2. The Labute approximate surface area is 184 Å². The first kappa shape index (κ1) is 18.9. The molecular weight excluding hydrogens is 407 g/mol. The standard InChI is InChI=1S/C26H21FN2O3/c27-18-8-5-15(6-9-18)17-11-21-25(22(30)12-17)26(29-20-4-2-1-3-19(20)28-21)16-7-10-23-24(13-16)32-14-31-23/h1-10,13,17,26,28-29H,11-12,14H2/t17-,26+/m0/s1. The minimum atomic E-state index is -0.322. The quantitative estimate of drug-likeness (QED) is 0.562. The Hall–Kier alpha value is -3.80. The Bertz CT molecular complexity index is 1250. The molecule has 5 nitrogen and oxygen atoms in total. The summed E-state index contributed by atoms with van der Waals surface area (Å²) in [7, 11) is 0. The summed E-state index contributed by atoms with van der Waals surface area (Å²) in [4.78, 5) is 13.5. The molecule has 6 heteroatoms. The van der Waals surface area contributed by atoms with E-state index in [1.54, 1.807) is 12.1 Å². The fourth-order valence-electron chi connectivity index (χ4n) is 4.81. The molecule has 2 N–H and O–H groups in total. The Balaban J connectivity index is 1.45. The number of halogens is 1. The molecule has 6 rings (SSSR count). The summed E-state index contributed by atoms with van der Waals surface area (Å²) >= 11 is 0. The van der Waals surface area contributed by atoms with Crippen LogP contribution in [0.2, 0.25) is 0 Å². The molecule has 0 aromatic heterocycles. The second kappa shape index (κ2) is 7.41. The SMILES string of the molecule is O=C1C[C@@H](c2ccc(F)cc2)CC2=C1[C@@H](c1ccc3c(c1)OCO3)Nc1ccccc1N2. The predicted octanol–water partition coefficient (Wildman–Crippen LogP) is 5.53. The zero-order valence-electron chi connectivity index (χ0n) is 17.2. The van der Waals surface area contributed by atoms with E-state index in [1.165, 1.54) is 12.1 Å². The molecular formula is C26H21FN2O3. The zero-order valence-corrected chi connectivity index (χ0v) is 17.2.